The minimum Gasteiger partial charge on any atom is -0.780 e. The Morgan fingerprint density at radius 1 is 1.04 bits per heavy atom. The zero-order valence-corrected chi connectivity index (χ0v) is 21.2. The Balaban J connectivity index is 0.00000196. The number of anilines is 1. The third-order valence-electron chi connectivity index (χ3n) is 3.74. The summed E-state index contributed by atoms with van der Waals surface area (Å²) in [6.07, 6.45) is 0. The number of amides is 1. The third kappa shape index (κ3) is 6.57. The summed E-state index contributed by atoms with van der Waals surface area (Å²) in [4.78, 5) is 34.8. The van der Waals surface area contributed by atoms with E-state index in [9.17, 15) is 19.1 Å². The number of phosphoric acid groups is 1. The quantitative estimate of drug-likeness (QED) is 0.354. The molecule has 28 heavy (non-hydrogen) atoms. The molecule has 1 N–H and O–H groups in total. The number of phosphoric ester groups is 1. The van der Waals surface area contributed by atoms with Gasteiger partial charge in [0.2, 0.25) is 0 Å². The van der Waals surface area contributed by atoms with Crippen LogP contribution in [0.4, 0.5) is 5.69 Å². The molecule has 0 atom stereocenters. The van der Waals surface area contributed by atoms with Crippen molar-refractivity contribution < 1.29 is 82.8 Å². The summed E-state index contributed by atoms with van der Waals surface area (Å²) < 4.78 is 15.6. The van der Waals surface area contributed by atoms with Crippen LogP contribution >= 0.6 is 19.4 Å². The number of carbonyl (C=O) groups is 1. The molecule has 0 aliphatic heterocycles. The fourth-order valence-electron chi connectivity index (χ4n) is 2.55. The Hall–Kier alpha value is -0.370. The Bertz CT molecular complexity index is 1060. The number of nitrogens with one attached hydrogen (secondary N) is 1. The van der Waals surface area contributed by atoms with Crippen LogP contribution in [-0.2, 0) is 4.57 Å². The normalized spacial score (nSPS) is 10.6. The monoisotopic (exact) mass is 435 g/mol. The van der Waals surface area contributed by atoms with Crippen molar-refractivity contribution in [2.24, 2.45) is 0 Å². The Labute approximate surface area is 211 Å². The second kappa shape index (κ2) is 10.6. The van der Waals surface area contributed by atoms with Gasteiger partial charge in [0.05, 0.1) is 5.56 Å². The summed E-state index contributed by atoms with van der Waals surface area (Å²) in [5.41, 5.74) is 1.17. The molecule has 0 saturated heterocycles. The summed E-state index contributed by atoms with van der Waals surface area (Å²) >= 11 is 5.90. The molecule has 0 aliphatic carbocycles. The van der Waals surface area contributed by atoms with E-state index in [0.29, 0.717) is 21.5 Å². The molecule has 10 heteroatoms. The zero-order valence-electron chi connectivity index (χ0n) is 15.6. The number of halogens is 1. The molecule has 0 radical (unpaired) electrons. The number of fused-ring (bicyclic) bond motifs is 1. The van der Waals surface area contributed by atoms with Crippen molar-refractivity contribution in [2.45, 2.75) is 6.92 Å². The molecular formula is C18H13ClNNa2O5P. The van der Waals surface area contributed by atoms with Gasteiger partial charge in [-0.3, -0.25) is 4.79 Å². The van der Waals surface area contributed by atoms with Gasteiger partial charge < -0.3 is 24.2 Å². The molecule has 0 bridgehead atoms. The number of benzene rings is 3. The van der Waals surface area contributed by atoms with Gasteiger partial charge in [-0.25, -0.2) is 0 Å². The molecule has 0 saturated carbocycles. The Morgan fingerprint density at radius 2 is 1.64 bits per heavy atom. The first-order valence-corrected chi connectivity index (χ1v) is 9.39. The number of hydrogen-bond acceptors (Lipinski definition) is 5. The molecular weight excluding hydrogens is 423 g/mol. The summed E-state index contributed by atoms with van der Waals surface area (Å²) in [5.74, 6) is -0.925. The van der Waals surface area contributed by atoms with Crippen molar-refractivity contribution in [3.05, 3.63) is 70.7 Å². The average molecular weight is 436 g/mol. The van der Waals surface area contributed by atoms with Crippen LogP contribution in [0.25, 0.3) is 10.8 Å². The molecule has 0 aliphatic rings. The maximum atomic E-state index is 12.7. The smallest absolute Gasteiger partial charge is 0.780 e. The van der Waals surface area contributed by atoms with Crippen LogP contribution in [0.2, 0.25) is 5.02 Å². The molecule has 0 spiro atoms. The molecule has 6 nitrogen and oxygen atoms in total. The molecule has 0 unspecified atom stereocenters. The number of aryl methyl sites for hydroxylation is 1. The number of rotatable bonds is 4. The molecule has 3 aromatic carbocycles. The van der Waals surface area contributed by atoms with E-state index in [0.717, 1.165) is 5.56 Å². The van der Waals surface area contributed by atoms with Crippen LogP contribution in [-0.4, -0.2) is 5.91 Å². The predicted octanol–water partition coefficient (Wildman–Crippen LogP) is -2.73. The molecule has 134 valence electrons. The molecule has 0 heterocycles. The van der Waals surface area contributed by atoms with Gasteiger partial charge in [0.25, 0.3) is 5.91 Å². The van der Waals surface area contributed by atoms with Crippen LogP contribution in [0.15, 0.2) is 54.6 Å². The van der Waals surface area contributed by atoms with Crippen molar-refractivity contribution in [1.82, 2.24) is 0 Å². The van der Waals surface area contributed by atoms with Gasteiger partial charge >= 0.3 is 59.1 Å². The van der Waals surface area contributed by atoms with E-state index in [2.05, 4.69) is 9.84 Å². The SMILES string of the molecule is Cc1cc(Cl)ccc1NC(=O)c1cc2ccccc2cc1OP(=O)([O-])[O-].[Na+].[Na+]. The molecule has 0 aromatic heterocycles. The third-order valence-corrected chi connectivity index (χ3v) is 4.39. The van der Waals surface area contributed by atoms with E-state index >= 15 is 0 Å². The van der Waals surface area contributed by atoms with Crippen LogP contribution < -0.4 is 78.7 Å². The fourth-order valence-corrected chi connectivity index (χ4v) is 3.17. The second-order valence-corrected chi connectivity index (χ2v) is 7.16. The number of hydrogen-bond donors (Lipinski definition) is 1. The van der Waals surface area contributed by atoms with Crippen LogP contribution in [0.5, 0.6) is 5.75 Å². The van der Waals surface area contributed by atoms with Gasteiger partial charge in [0, 0.05) is 10.7 Å². The van der Waals surface area contributed by atoms with Crippen molar-refractivity contribution in [2.75, 3.05) is 5.32 Å². The zero-order chi connectivity index (χ0) is 18.9. The first kappa shape index (κ1) is 25.7. The Morgan fingerprint density at radius 3 is 2.21 bits per heavy atom. The predicted molar refractivity (Wildman–Crippen MR) is 96.3 cm³/mol. The Kier molecular flexibility index (Phi) is 9.71. The van der Waals surface area contributed by atoms with Crippen molar-refractivity contribution in [3.8, 4) is 5.75 Å². The van der Waals surface area contributed by atoms with Crippen LogP contribution in [0.1, 0.15) is 15.9 Å². The van der Waals surface area contributed by atoms with E-state index in [1.807, 2.05) is 0 Å². The summed E-state index contributed by atoms with van der Waals surface area (Å²) in [5, 5.41) is 4.53. The van der Waals surface area contributed by atoms with E-state index in [1.54, 1.807) is 49.4 Å². The van der Waals surface area contributed by atoms with Crippen LogP contribution in [0.3, 0.4) is 0 Å². The summed E-state index contributed by atoms with van der Waals surface area (Å²) in [7, 11) is -5.33. The molecule has 1 amide bonds. The van der Waals surface area contributed by atoms with E-state index < -0.39 is 13.7 Å². The number of carbonyl (C=O) groups excluding carboxylic acids is 1. The molecule has 3 rings (SSSR count). The van der Waals surface area contributed by atoms with Gasteiger partial charge in [0.1, 0.15) is 13.6 Å². The van der Waals surface area contributed by atoms with E-state index in [-0.39, 0.29) is 70.4 Å². The maximum absolute atomic E-state index is 12.7. The standard InChI is InChI=1S/C18H15ClNO5P.2Na/c1-11-8-14(19)6-7-16(11)20-18(21)15-9-12-4-2-3-5-13(12)10-17(15)25-26(22,23)24;;/h2-10H,1H3,(H,20,21)(H2,22,23,24);;/q;2*+1/p-2. The average Bonchev–Trinajstić information content (AvgIpc) is 2.55. The topological polar surface area (TPSA) is 102 Å². The summed E-state index contributed by atoms with van der Waals surface area (Å²) in [6.45, 7) is 1.77. The maximum Gasteiger partial charge on any atom is 1.00 e. The second-order valence-electron chi connectivity index (χ2n) is 5.65. The van der Waals surface area contributed by atoms with Crippen molar-refractivity contribution in [1.29, 1.82) is 0 Å². The van der Waals surface area contributed by atoms with Crippen LogP contribution in [0, 0.1) is 6.92 Å². The van der Waals surface area contributed by atoms with Gasteiger partial charge in [-0.05, 0) is 53.6 Å². The van der Waals surface area contributed by atoms with Gasteiger partial charge in [-0.1, -0.05) is 35.9 Å². The first-order valence-electron chi connectivity index (χ1n) is 7.55. The summed E-state index contributed by atoms with van der Waals surface area (Å²) in [6, 6.07) is 14.7. The van der Waals surface area contributed by atoms with E-state index in [4.69, 9.17) is 11.6 Å². The minimum absolute atomic E-state index is 0. The minimum atomic E-state index is -5.33. The van der Waals surface area contributed by atoms with E-state index in [1.165, 1.54) is 12.1 Å². The fraction of sp³-hybridized carbons (Fsp3) is 0.0556. The van der Waals surface area contributed by atoms with Gasteiger partial charge in [-0.15, -0.1) is 0 Å². The molecule has 0 fully saturated rings. The first-order chi connectivity index (χ1) is 12.2. The van der Waals surface area contributed by atoms with Crippen molar-refractivity contribution in [3.63, 3.8) is 0 Å². The van der Waals surface area contributed by atoms with Crippen molar-refractivity contribution >= 4 is 41.8 Å². The van der Waals surface area contributed by atoms with Gasteiger partial charge in [0.15, 0.2) is 0 Å². The van der Waals surface area contributed by atoms with Gasteiger partial charge in [-0.2, -0.15) is 0 Å². The largest absolute Gasteiger partial charge is 1.00 e. The molecule has 3 aromatic rings.